The molecule has 0 amide bonds. The summed E-state index contributed by atoms with van der Waals surface area (Å²) in [6.45, 7) is 0. The second-order valence-corrected chi connectivity index (χ2v) is 9.69. The van der Waals surface area contributed by atoms with Gasteiger partial charge in [0.1, 0.15) is 10.3 Å². The van der Waals surface area contributed by atoms with Crippen LogP contribution in [0.25, 0.3) is 17.2 Å². The van der Waals surface area contributed by atoms with Crippen LogP contribution in [0.4, 0.5) is 0 Å². The van der Waals surface area contributed by atoms with E-state index in [0.29, 0.717) is 10.3 Å². The summed E-state index contributed by atoms with van der Waals surface area (Å²) in [6.07, 6.45) is 3.49. The van der Waals surface area contributed by atoms with Gasteiger partial charge in [-0.05, 0) is 79.1 Å². The summed E-state index contributed by atoms with van der Waals surface area (Å²) in [6, 6.07) is 41.9. The molecule has 172 valence electrons. The van der Waals surface area contributed by atoms with Gasteiger partial charge < -0.3 is 0 Å². The number of hydrogen-bond donors (Lipinski definition) is 0. The first-order valence-electron chi connectivity index (χ1n) is 11.9. The van der Waals surface area contributed by atoms with Crippen LogP contribution in [-0.4, -0.2) is 10.8 Å². The van der Waals surface area contributed by atoms with Crippen LogP contribution in [0, 0.1) is 0 Å². The predicted octanol–water partition coefficient (Wildman–Crippen LogP) is 8.10. The van der Waals surface area contributed by atoms with Gasteiger partial charge in [-0.3, -0.25) is 4.79 Å². The minimum absolute atomic E-state index is 0.127. The third-order valence-electron chi connectivity index (χ3n) is 6.88. The Morgan fingerprint density at radius 3 is 2.00 bits per heavy atom. The van der Waals surface area contributed by atoms with Crippen LogP contribution < -0.4 is 0 Å². The van der Waals surface area contributed by atoms with E-state index < -0.39 is 5.41 Å². The fourth-order valence-electron chi connectivity index (χ4n) is 5.37. The van der Waals surface area contributed by atoms with Gasteiger partial charge in [0, 0.05) is 0 Å². The van der Waals surface area contributed by atoms with E-state index >= 15 is 0 Å². The maximum Gasteiger partial charge on any atom is 0.204 e. The number of nitrogens with zero attached hydrogens (tertiary/aromatic N) is 1. The van der Waals surface area contributed by atoms with E-state index in [4.69, 9.17) is 0 Å². The van der Waals surface area contributed by atoms with Gasteiger partial charge >= 0.3 is 0 Å². The monoisotopic (exact) mass is 527 g/mol. The molecule has 0 N–H and O–H groups in total. The van der Waals surface area contributed by atoms with Gasteiger partial charge in [-0.25, -0.2) is 4.98 Å². The molecule has 0 unspecified atom stereocenters. The Balaban J connectivity index is 1.55. The minimum atomic E-state index is -0.450. The molecule has 2 nitrogen and oxygen atoms in total. The quantitative estimate of drug-likeness (QED) is 0.129. The Morgan fingerprint density at radius 2 is 1.31 bits per heavy atom. The van der Waals surface area contributed by atoms with Crippen molar-refractivity contribution in [2.45, 2.75) is 5.41 Å². The van der Waals surface area contributed by atoms with Crippen molar-refractivity contribution in [1.82, 2.24) is 4.98 Å². The van der Waals surface area contributed by atoms with Gasteiger partial charge in [0.05, 0.1) is 5.41 Å². The molecule has 0 fully saturated rings. The average molecular weight is 528 g/mol. The van der Waals surface area contributed by atoms with Gasteiger partial charge in [0.25, 0.3) is 0 Å². The normalized spacial score (nSPS) is 13.4. The van der Waals surface area contributed by atoms with Gasteiger partial charge in [0.2, 0.25) is 5.78 Å². The van der Waals surface area contributed by atoms with E-state index in [1.807, 2.05) is 18.2 Å². The number of fused-ring (bicyclic) bond motifs is 3. The number of ketones is 1. The molecule has 0 spiro atoms. The van der Waals surface area contributed by atoms with Crippen molar-refractivity contribution in [2.24, 2.45) is 0 Å². The summed E-state index contributed by atoms with van der Waals surface area (Å²) < 4.78 is 0.646. The lowest BCUT2D eigenvalue weighted by Gasteiger charge is -2.34. The second kappa shape index (κ2) is 9.18. The molecule has 0 saturated heterocycles. The van der Waals surface area contributed by atoms with Crippen molar-refractivity contribution < 1.29 is 4.79 Å². The molecule has 36 heavy (non-hydrogen) atoms. The number of rotatable bonds is 5. The zero-order chi connectivity index (χ0) is 24.5. The highest BCUT2D eigenvalue weighted by atomic mass is 79.9. The number of aromatic nitrogens is 1. The third-order valence-corrected chi connectivity index (χ3v) is 7.32. The van der Waals surface area contributed by atoms with E-state index in [9.17, 15) is 4.79 Å². The number of benzene rings is 4. The van der Waals surface area contributed by atoms with Gasteiger partial charge in [-0.1, -0.05) is 109 Å². The predicted molar refractivity (Wildman–Crippen MR) is 149 cm³/mol. The number of hydrogen-bond acceptors (Lipinski definition) is 2. The first-order valence-corrected chi connectivity index (χ1v) is 12.7. The van der Waals surface area contributed by atoms with Crippen molar-refractivity contribution in [1.29, 1.82) is 0 Å². The van der Waals surface area contributed by atoms with E-state index in [-0.39, 0.29) is 5.78 Å². The number of halogens is 1. The van der Waals surface area contributed by atoms with Crippen molar-refractivity contribution in [3.8, 4) is 11.1 Å². The molecular formula is C33H22BrNO. The van der Waals surface area contributed by atoms with E-state index in [0.717, 1.165) is 5.56 Å². The highest BCUT2D eigenvalue weighted by molar-refractivity contribution is 9.10. The number of carbonyl (C=O) groups is 1. The van der Waals surface area contributed by atoms with Crippen LogP contribution in [0.15, 0.2) is 132 Å². The lowest BCUT2D eigenvalue weighted by Crippen LogP contribution is -2.28. The highest BCUT2D eigenvalue weighted by Gasteiger charge is 2.45. The molecule has 3 heteroatoms. The summed E-state index contributed by atoms with van der Waals surface area (Å²) in [7, 11) is 0. The van der Waals surface area contributed by atoms with Crippen LogP contribution in [0.5, 0.6) is 0 Å². The number of carbonyl (C=O) groups excluding carboxylic acids is 1. The van der Waals surface area contributed by atoms with Crippen LogP contribution in [0.3, 0.4) is 0 Å². The standard InChI is InChI=1S/C33H22BrNO/c34-32-17-9-16-30(35-32)31(36)21-19-23-18-20-27-26-14-7-8-15-28(26)33(29(27)22-23,24-10-3-1-4-11-24)25-12-5-2-6-13-25/h1-22H/b21-19+. The van der Waals surface area contributed by atoms with Crippen LogP contribution in [-0.2, 0) is 5.41 Å². The number of pyridine rings is 1. The SMILES string of the molecule is O=C(/C=C/c1ccc2c(c1)C(c1ccccc1)(c1ccccc1)c1ccccc1-2)c1cccc(Br)n1. The first-order chi connectivity index (χ1) is 17.7. The number of allylic oxidation sites excluding steroid dienone is 1. The van der Waals surface area contributed by atoms with E-state index in [1.165, 1.54) is 33.4 Å². The molecule has 0 radical (unpaired) electrons. The molecule has 0 bridgehead atoms. The largest absolute Gasteiger partial charge is 0.288 e. The molecule has 1 heterocycles. The Bertz CT molecular complexity index is 1570. The van der Waals surface area contributed by atoms with Gasteiger partial charge in [-0.15, -0.1) is 0 Å². The summed E-state index contributed by atoms with van der Waals surface area (Å²) in [5, 5.41) is 0. The fraction of sp³-hybridized carbons (Fsp3) is 0.0303. The highest BCUT2D eigenvalue weighted by Crippen LogP contribution is 2.56. The van der Waals surface area contributed by atoms with E-state index in [2.05, 4.69) is 124 Å². The zero-order valence-corrected chi connectivity index (χ0v) is 21.0. The Morgan fingerprint density at radius 1 is 0.667 bits per heavy atom. The summed E-state index contributed by atoms with van der Waals surface area (Å²) in [4.78, 5) is 17.1. The van der Waals surface area contributed by atoms with Gasteiger partial charge in [-0.2, -0.15) is 0 Å². The smallest absolute Gasteiger partial charge is 0.204 e. The molecule has 0 aliphatic heterocycles. The maximum atomic E-state index is 12.8. The topological polar surface area (TPSA) is 30.0 Å². The molecule has 0 saturated carbocycles. The maximum absolute atomic E-state index is 12.8. The Labute approximate surface area is 219 Å². The minimum Gasteiger partial charge on any atom is -0.288 e. The van der Waals surface area contributed by atoms with E-state index in [1.54, 1.807) is 12.1 Å². The molecule has 6 rings (SSSR count). The lowest BCUT2D eigenvalue weighted by molar-refractivity contribution is 0.104. The fourth-order valence-corrected chi connectivity index (χ4v) is 5.71. The molecular weight excluding hydrogens is 506 g/mol. The molecule has 4 aromatic carbocycles. The average Bonchev–Trinajstić information content (AvgIpc) is 3.23. The van der Waals surface area contributed by atoms with Crippen molar-refractivity contribution in [3.05, 3.63) is 166 Å². The Hall–Kier alpha value is -4.08. The van der Waals surface area contributed by atoms with Crippen LogP contribution >= 0.6 is 15.9 Å². The Kier molecular flexibility index (Phi) is 5.71. The van der Waals surface area contributed by atoms with Crippen molar-refractivity contribution in [2.75, 3.05) is 0 Å². The summed E-state index contributed by atoms with van der Waals surface area (Å²) >= 11 is 3.34. The van der Waals surface area contributed by atoms with Gasteiger partial charge in [0.15, 0.2) is 0 Å². The molecule has 0 atom stereocenters. The zero-order valence-electron chi connectivity index (χ0n) is 19.4. The lowest BCUT2D eigenvalue weighted by atomic mass is 9.67. The second-order valence-electron chi connectivity index (χ2n) is 8.88. The van der Waals surface area contributed by atoms with Crippen LogP contribution in [0.1, 0.15) is 38.3 Å². The third kappa shape index (κ3) is 3.64. The van der Waals surface area contributed by atoms with Crippen molar-refractivity contribution >= 4 is 27.8 Å². The summed E-state index contributed by atoms with van der Waals surface area (Å²) in [5.74, 6) is -0.127. The van der Waals surface area contributed by atoms with Crippen molar-refractivity contribution in [3.63, 3.8) is 0 Å². The molecule has 1 aliphatic rings. The van der Waals surface area contributed by atoms with Crippen LogP contribution in [0.2, 0.25) is 0 Å². The first kappa shape index (κ1) is 22.4. The summed E-state index contributed by atoms with van der Waals surface area (Å²) in [5.41, 5.74) is 8.33. The molecule has 5 aromatic rings. The molecule has 1 aliphatic carbocycles. The molecule has 1 aromatic heterocycles.